The maximum absolute atomic E-state index is 12.7. The van der Waals surface area contributed by atoms with Crippen LogP contribution >= 0.6 is 0 Å². The van der Waals surface area contributed by atoms with Gasteiger partial charge in [0.15, 0.2) is 6.54 Å². The summed E-state index contributed by atoms with van der Waals surface area (Å²) < 4.78 is 2.18. The van der Waals surface area contributed by atoms with Crippen molar-refractivity contribution in [3.63, 3.8) is 0 Å². The Morgan fingerprint density at radius 2 is 1.67 bits per heavy atom. The monoisotopic (exact) mass is 370 g/mol. The largest absolute Gasteiger partial charge is 0.346 e. The van der Waals surface area contributed by atoms with Crippen molar-refractivity contribution < 1.29 is 14.5 Å². The van der Waals surface area contributed by atoms with Crippen LogP contribution in [0, 0.1) is 27.7 Å². The molecule has 1 unspecified atom stereocenters. The summed E-state index contributed by atoms with van der Waals surface area (Å²) in [6.07, 6.45) is 0. The minimum Gasteiger partial charge on any atom is -0.346 e. The second kappa shape index (κ2) is 8.53. The number of nitrogens with one attached hydrogen (secondary N) is 2. The summed E-state index contributed by atoms with van der Waals surface area (Å²) in [5.41, 5.74) is 5.80. The summed E-state index contributed by atoms with van der Waals surface area (Å²) in [7, 11) is 1.88. The molecule has 1 aromatic carbocycles. The third-order valence-electron chi connectivity index (χ3n) is 4.97. The second-order valence-electron chi connectivity index (χ2n) is 7.80. The first-order valence-electron chi connectivity index (χ1n) is 9.50. The van der Waals surface area contributed by atoms with Gasteiger partial charge in [-0.05, 0) is 58.7 Å². The van der Waals surface area contributed by atoms with Crippen LogP contribution in [0.2, 0.25) is 0 Å². The molecule has 1 heterocycles. The topological polar surface area (TPSA) is 55.5 Å². The molecule has 2 rings (SSSR count). The van der Waals surface area contributed by atoms with Gasteiger partial charge >= 0.3 is 0 Å². The van der Waals surface area contributed by atoms with E-state index in [-0.39, 0.29) is 18.2 Å². The van der Waals surface area contributed by atoms with E-state index in [0.29, 0.717) is 12.6 Å². The second-order valence-corrected chi connectivity index (χ2v) is 7.80. The van der Waals surface area contributed by atoms with Gasteiger partial charge in [-0.2, -0.15) is 0 Å². The van der Waals surface area contributed by atoms with Gasteiger partial charge in [0.1, 0.15) is 6.54 Å². The maximum atomic E-state index is 12.7. The molecule has 0 bridgehead atoms. The van der Waals surface area contributed by atoms with Crippen LogP contribution in [-0.2, 0) is 4.79 Å². The number of aromatic nitrogens is 1. The molecular formula is C22H32N3O2+. The van der Waals surface area contributed by atoms with E-state index in [9.17, 15) is 9.59 Å². The Morgan fingerprint density at radius 3 is 2.19 bits per heavy atom. The molecule has 0 saturated heterocycles. The summed E-state index contributed by atoms with van der Waals surface area (Å²) in [6, 6.07) is 8.21. The highest BCUT2D eigenvalue weighted by atomic mass is 16.2. The smallest absolute Gasteiger partial charge is 0.279 e. The van der Waals surface area contributed by atoms with Gasteiger partial charge in [-0.25, -0.2) is 0 Å². The molecule has 0 spiro atoms. The number of likely N-dealkylation sites (N-methyl/N-ethyl adjacent to an activating group) is 1. The summed E-state index contributed by atoms with van der Waals surface area (Å²) in [4.78, 5) is 26.0. The highest BCUT2D eigenvalue weighted by Gasteiger charge is 2.21. The van der Waals surface area contributed by atoms with Gasteiger partial charge < -0.3 is 14.8 Å². The van der Waals surface area contributed by atoms with E-state index in [1.807, 2.05) is 59.0 Å². The standard InChI is InChI=1S/C22H31N3O2/c1-14(2)25-17(5)11-19(18(25)6)20(26)12-24(7)13-21(27)23-22-15(3)9-8-10-16(22)4/h8-11,14H,12-13H2,1-7H3,(H,23,27)/p+1. The highest BCUT2D eigenvalue weighted by molar-refractivity contribution is 5.98. The van der Waals surface area contributed by atoms with E-state index >= 15 is 0 Å². The van der Waals surface area contributed by atoms with Gasteiger partial charge in [0.05, 0.1) is 7.05 Å². The van der Waals surface area contributed by atoms with Crippen molar-refractivity contribution in [3.8, 4) is 0 Å². The summed E-state index contributed by atoms with van der Waals surface area (Å²) >= 11 is 0. The van der Waals surface area contributed by atoms with Crippen LogP contribution < -0.4 is 10.2 Å². The van der Waals surface area contributed by atoms with Crippen molar-refractivity contribution in [1.82, 2.24) is 4.57 Å². The molecule has 0 radical (unpaired) electrons. The average Bonchev–Trinajstić information content (AvgIpc) is 2.85. The molecular weight excluding hydrogens is 338 g/mol. The fourth-order valence-electron chi connectivity index (χ4n) is 3.76. The Kier molecular flexibility index (Phi) is 6.60. The van der Waals surface area contributed by atoms with Crippen LogP contribution in [0.5, 0.6) is 0 Å². The number of nitrogens with zero attached hydrogens (tertiary/aromatic N) is 1. The Morgan fingerprint density at radius 1 is 1.07 bits per heavy atom. The first-order valence-corrected chi connectivity index (χ1v) is 9.50. The molecule has 27 heavy (non-hydrogen) atoms. The van der Waals surface area contributed by atoms with Crippen molar-refractivity contribution in [2.24, 2.45) is 0 Å². The lowest BCUT2D eigenvalue weighted by Gasteiger charge is -2.16. The van der Waals surface area contributed by atoms with E-state index in [1.165, 1.54) is 0 Å². The number of carbonyl (C=O) groups is 2. The van der Waals surface area contributed by atoms with Crippen molar-refractivity contribution >= 4 is 17.4 Å². The Balaban J connectivity index is 2.01. The number of aryl methyl sites for hydroxylation is 3. The Labute approximate surface area is 162 Å². The molecule has 0 aliphatic carbocycles. The van der Waals surface area contributed by atoms with Gasteiger partial charge in [0, 0.05) is 28.7 Å². The molecule has 0 aliphatic rings. The number of benzene rings is 1. The Bertz CT molecular complexity index is 829. The number of ketones is 1. The highest BCUT2D eigenvalue weighted by Crippen LogP contribution is 2.20. The number of amides is 1. The van der Waals surface area contributed by atoms with Crippen LogP contribution in [0.25, 0.3) is 0 Å². The van der Waals surface area contributed by atoms with Gasteiger partial charge in [-0.3, -0.25) is 9.59 Å². The number of anilines is 1. The SMILES string of the molecule is Cc1cccc(C)c1NC(=O)C[NH+](C)CC(=O)c1cc(C)n(C(C)C)c1C. The molecule has 1 aromatic heterocycles. The molecule has 0 fully saturated rings. The van der Waals surface area contributed by atoms with Crippen LogP contribution in [-0.4, -0.2) is 36.4 Å². The molecule has 1 atom stereocenters. The van der Waals surface area contributed by atoms with Crippen LogP contribution in [0.1, 0.15) is 52.8 Å². The fraction of sp³-hybridized carbons (Fsp3) is 0.455. The van der Waals surface area contributed by atoms with E-state index in [2.05, 4.69) is 23.7 Å². The van der Waals surface area contributed by atoms with Gasteiger partial charge in [-0.15, -0.1) is 0 Å². The lowest BCUT2D eigenvalue weighted by molar-refractivity contribution is -0.861. The molecule has 1 amide bonds. The normalized spacial score (nSPS) is 12.3. The molecule has 0 saturated carbocycles. The minimum atomic E-state index is -0.0784. The number of hydrogen-bond acceptors (Lipinski definition) is 2. The van der Waals surface area contributed by atoms with Crippen LogP contribution in [0.4, 0.5) is 5.69 Å². The lowest BCUT2D eigenvalue weighted by atomic mass is 10.1. The molecule has 5 heteroatoms. The molecule has 2 N–H and O–H groups in total. The third kappa shape index (κ3) is 4.86. The zero-order valence-electron chi connectivity index (χ0n) is 17.6. The number of rotatable bonds is 7. The predicted octanol–water partition coefficient (Wildman–Crippen LogP) is 2.64. The van der Waals surface area contributed by atoms with Gasteiger partial charge in [0.25, 0.3) is 5.91 Å². The number of hydrogen-bond donors (Lipinski definition) is 2. The number of para-hydroxylation sites is 1. The predicted molar refractivity (Wildman–Crippen MR) is 110 cm³/mol. The van der Waals surface area contributed by atoms with Gasteiger partial charge in [-0.1, -0.05) is 18.2 Å². The van der Waals surface area contributed by atoms with E-state index in [1.54, 1.807) is 0 Å². The summed E-state index contributed by atoms with van der Waals surface area (Å²) in [5, 5.41) is 2.99. The number of quaternary nitrogens is 1. The summed E-state index contributed by atoms with van der Waals surface area (Å²) in [5.74, 6) is -0.00211. The van der Waals surface area contributed by atoms with E-state index in [4.69, 9.17) is 0 Å². The van der Waals surface area contributed by atoms with Crippen molar-refractivity contribution in [2.75, 3.05) is 25.5 Å². The lowest BCUT2D eigenvalue weighted by Crippen LogP contribution is -3.11. The zero-order chi connectivity index (χ0) is 20.3. The molecule has 2 aromatic rings. The number of carbonyl (C=O) groups excluding carboxylic acids is 2. The molecule has 0 aliphatic heterocycles. The fourth-order valence-corrected chi connectivity index (χ4v) is 3.76. The third-order valence-corrected chi connectivity index (χ3v) is 4.97. The zero-order valence-corrected chi connectivity index (χ0v) is 17.6. The van der Waals surface area contributed by atoms with Crippen LogP contribution in [0.3, 0.4) is 0 Å². The van der Waals surface area contributed by atoms with Crippen molar-refractivity contribution in [2.45, 2.75) is 47.6 Å². The maximum Gasteiger partial charge on any atom is 0.279 e. The first kappa shape index (κ1) is 20.9. The van der Waals surface area contributed by atoms with E-state index in [0.717, 1.165) is 38.7 Å². The number of Topliss-reactive ketones (excluding diaryl/α,β-unsaturated/α-hetero) is 1. The van der Waals surface area contributed by atoms with E-state index < -0.39 is 0 Å². The quantitative estimate of drug-likeness (QED) is 0.736. The summed E-state index contributed by atoms with van der Waals surface area (Å²) in [6.45, 7) is 12.8. The minimum absolute atomic E-state index is 0.0763. The molecule has 5 nitrogen and oxygen atoms in total. The van der Waals surface area contributed by atoms with Crippen molar-refractivity contribution in [1.29, 1.82) is 0 Å². The Hall–Kier alpha value is -2.40. The first-order chi connectivity index (χ1) is 12.6. The average molecular weight is 371 g/mol. The van der Waals surface area contributed by atoms with Gasteiger partial charge in [0.2, 0.25) is 5.78 Å². The molecule has 146 valence electrons. The van der Waals surface area contributed by atoms with Crippen LogP contribution in [0.15, 0.2) is 24.3 Å². The van der Waals surface area contributed by atoms with Crippen molar-refractivity contribution in [3.05, 3.63) is 52.3 Å².